The Balaban J connectivity index is 1.69. The summed E-state index contributed by atoms with van der Waals surface area (Å²) in [4.78, 5) is 25.7. The van der Waals surface area contributed by atoms with Gasteiger partial charge in [-0.2, -0.15) is 0 Å². The Morgan fingerprint density at radius 3 is 2.83 bits per heavy atom. The van der Waals surface area contributed by atoms with Gasteiger partial charge in [0.15, 0.2) is 0 Å². The molecule has 1 aliphatic heterocycles. The molecule has 0 atom stereocenters. The summed E-state index contributed by atoms with van der Waals surface area (Å²) in [6.07, 6.45) is 4.85. The summed E-state index contributed by atoms with van der Waals surface area (Å²) >= 11 is 11.9. The largest absolute Gasteiger partial charge is 0.356 e. The molecule has 0 bridgehead atoms. The van der Waals surface area contributed by atoms with Crippen LogP contribution >= 0.6 is 23.2 Å². The van der Waals surface area contributed by atoms with Crippen molar-refractivity contribution >= 4 is 35.0 Å². The molecule has 1 N–H and O–H groups in total. The molecule has 1 fully saturated rings. The van der Waals surface area contributed by atoms with Gasteiger partial charge in [-0.15, -0.1) is 0 Å². The smallest absolute Gasteiger partial charge is 0.224 e. The van der Waals surface area contributed by atoms with Crippen molar-refractivity contribution in [1.82, 2.24) is 10.2 Å². The fourth-order valence-electron chi connectivity index (χ4n) is 2.67. The zero-order valence-electron chi connectivity index (χ0n) is 13.1. The molecule has 1 aromatic rings. The van der Waals surface area contributed by atoms with Gasteiger partial charge in [-0.25, -0.2) is 0 Å². The molecule has 1 aliphatic rings. The molecule has 23 heavy (non-hydrogen) atoms. The van der Waals surface area contributed by atoms with E-state index in [-0.39, 0.29) is 18.2 Å². The summed E-state index contributed by atoms with van der Waals surface area (Å²) in [6, 6.07) is 5.12. The number of carbonyl (C=O) groups excluding carboxylic acids is 2. The maximum absolute atomic E-state index is 11.9. The molecule has 126 valence electrons. The first-order chi connectivity index (χ1) is 11.1. The van der Waals surface area contributed by atoms with Crippen molar-refractivity contribution in [2.24, 2.45) is 0 Å². The number of benzene rings is 1. The minimum absolute atomic E-state index is 0.0728. The number of rotatable bonds is 6. The summed E-state index contributed by atoms with van der Waals surface area (Å²) in [7, 11) is 0. The second-order valence-electron chi connectivity index (χ2n) is 5.81. The van der Waals surface area contributed by atoms with E-state index in [1.165, 1.54) is 0 Å². The van der Waals surface area contributed by atoms with Gasteiger partial charge in [0.2, 0.25) is 11.8 Å². The number of amides is 2. The molecule has 0 aromatic heterocycles. The van der Waals surface area contributed by atoms with E-state index in [0.717, 1.165) is 37.8 Å². The quantitative estimate of drug-likeness (QED) is 0.793. The molecule has 2 rings (SSSR count). The Hall–Kier alpha value is -1.26. The minimum Gasteiger partial charge on any atom is -0.356 e. The van der Waals surface area contributed by atoms with Crippen LogP contribution in [0.15, 0.2) is 18.2 Å². The fraction of sp³-hybridized carbons (Fsp3) is 0.529. The monoisotopic (exact) mass is 356 g/mol. The van der Waals surface area contributed by atoms with Gasteiger partial charge in [0.25, 0.3) is 0 Å². The number of hydrogen-bond acceptors (Lipinski definition) is 2. The first kappa shape index (κ1) is 18.1. The maximum atomic E-state index is 11.9. The van der Waals surface area contributed by atoms with Crippen LogP contribution in [-0.4, -0.2) is 36.3 Å². The highest BCUT2D eigenvalue weighted by Gasteiger charge is 2.15. The van der Waals surface area contributed by atoms with Crippen LogP contribution in [0, 0.1) is 0 Å². The molecule has 4 nitrogen and oxygen atoms in total. The molecule has 0 aliphatic carbocycles. The topological polar surface area (TPSA) is 49.4 Å². The van der Waals surface area contributed by atoms with Gasteiger partial charge in [-0.1, -0.05) is 35.7 Å². The highest BCUT2D eigenvalue weighted by molar-refractivity contribution is 6.35. The molecule has 1 heterocycles. The van der Waals surface area contributed by atoms with E-state index in [9.17, 15) is 9.59 Å². The molecule has 0 spiro atoms. The van der Waals surface area contributed by atoms with Crippen molar-refractivity contribution in [2.45, 2.75) is 38.5 Å². The van der Waals surface area contributed by atoms with Gasteiger partial charge < -0.3 is 10.2 Å². The molecule has 2 amide bonds. The summed E-state index contributed by atoms with van der Waals surface area (Å²) < 4.78 is 0. The zero-order valence-corrected chi connectivity index (χ0v) is 14.6. The molecular weight excluding hydrogens is 335 g/mol. The van der Waals surface area contributed by atoms with E-state index in [0.29, 0.717) is 29.6 Å². The van der Waals surface area contributed by atoms with Crippen molar-refractivity contribution in [1.29, 1.82) is 0 Å². The van der Waals surface area contributed by atoms with Crippen LogP contribution in [0.2, 0.25) is 10.0 Å². The molecule has 0 radical (unpaired) electrons. The van der Waals surface area contributed by atoms with Crippen LogP contribution in [0.25, 0.3) is 0 Å². The Labute approximate surface area is 147 Å². The molecule has 6 heteroatoms. The summed E-state index contributed by atoms with van der Waals surface area (Å²) in [5, 5.41) is 3.93. The van der Waals surface area contributed by atoms with Gasteiger partial charge >= 0.3 is 0 Å². The van der Waals surface area contributed by atoms with Crippen molar-refractivity contribution < 1.29 is 9.59 Å². The van der Waals surface area contributed by atoms with Crippen LogP contribution in [0.4, 0.5) is 0 Å². The first-order valence-electron chi connectivity index (χ1n) is 8.04. The summed E-state index contributed by atoms with van der Waals surface area (Å²) in [5.41, 5.74) is 0.760. The van der Waals surface area contributed by atoms with Crippen molar-refractivity contribution in [2.75, 3.05) is 19.6 Å². The van der Waals surface area contributed by atoms with Crippen molar-refractivity contribution in [3.05, 3.63) is 33.8 Å². The predicted octanol–water partition coefficient (Wildman–Crippen LogP) is 3.44. The van der Waals surface area contributed by atoms with Crippen LogP contribution < -0.4 is 5.32 Å². The number of carbonyl (C=O) groups is 2. The Morgan fingerprint density at radius 1 is 1.22 bits per heavy atom. The Bertz CT molecular complexity index is 564. The van der Waals surface area contributed by atoms with E-state index >= 15 is 0 Å². The number of halogens is 2. The van der Waals surface area contributed by atoms with Crippen LogP contribution in [-0.2, 0) is 16.0 Å². The minimum atomic E-state index is -0.0728. The number of nitrogens with zero attached hydrogens (tertiary/aromatic N) is 1. The number of hydrogen-bond donors (Lipinski definition) is 1. The van der Waals surface area contributed by atoms with E-state index in [2.05, 4.69) is 5.32 Å². The second-order valence-corrected chi connectivity index (χ2v) is 6.65. The third kappa shape index (κ3) is 6.04. The lowest BCUT2D eigenvalue weighted by atomic mass is 10.1. The van der Waals surface area contributed by atoms with Gasteiger partial charge in [0.05, 0.1) is 6.42 Å². The van der Waals surface area contributed by atoms with E-state index in [1.54, 1.807) is 18.2 Å². The molecule has 0 unspecified atom stereocenters. The average Bonchev–Trinajstić information content (AvgIpc) is 2.71. The second kappa shape index (κ2) is 9.14. The van der Waals surface area contributed by atoms with Crippen LogP contribution in [0.1, 0.15) is 37.7 Å². The molecule has 0 saturated carbocycles. The van der Waals surface area contributed by atoms with Gasteiger partial charge in [0.1, 0.15) is 0 Å². The van der Waals surface area contributed by atoms with E-state index in [1.807, 2.05) is 4.90 Å². The third-order valence-corrected chi connectivity index (χ3v) is 4.55. The first-order valence-corrected chi connectivity index (χ1v) is 8.80. The molecular formula is C17H22Cl2N2O2. The SMILES string of the molecule is O=C(Cc1ccc(Cl)cc1Cl)NCCCN1CCCCCC1=O. The van der Waals surface area contributed by atoms with Gasteiger partial charge in [-0.05, 0) is 37.0 Å². The standard InChI is InChI=1S/C17H22Cl2N2O2/c18-14-7-6-13(15(19)12-14)11-16(22)20-8-4-10-21-9-3-1-2-5-17(21)23/h6-7,12H,1-5,8-11H2,(H,20,22). The fourth-order valence-corrected chi connectivity index (χ4v) is 3.15. The Kier molecular flexibility index (Phi) is 7.18. The predicted molar refractivity (Wildman–Crippen MR) is 92.8 cm³/mol. The maximum Gasteiger partial charge on any atom is 0.224 e. The highest BCUT2D eigenvalue weighted by Crippen LogP contribution is 2.21. The van der Waals surface area contributed by atoms with Crippen LogP contribution in [0.3, 0.4) is 0 Å². The zero-order chi connectivity index (χ0) is 16.7. The lowest BCUT2D eigenvalue weighted by Crippen LogP contribution is -2.34. The highest BCUT2D eigenvalue weighted by atomic mass is 35.5. The Morgan fingerprint density at radius 2 is 2.04 bits per heavy atom. The third-order valence-electron chi connectivity index (χ3n) is 3.96. The van der Waals surface area contributed by atoms with E-state index in [4.69, 9.17) is 23.2 Å². The summed E-state index contributed by atoms with van der Waals surface area (Å²) in [5.74, 6) is 0.165. The molecule has 1 saturated heterocycles. The van der Waals surface area contributed by atoms with Crippen molar-refractivity contribution in [3.8, 4) is 0 Å². The summed E-state index contributed by atoms with van der Waals surface area (Å²) in [6.45, 7) is 2.11. The molecule has 1 aromatic carbocycles. The lowest BCUT2D eigenvalue weighted by molar-refractivity contribution is -0.130. The number of likely N-dealkylation sites (tertiary alicyclic amines) is 1. The lowest BCUT2D eigenvalue weighted by Gasteiger charge is -2.20. The van der Waals surface area contributed by atoms with Crippen molar-refractivity contribution in [3.63, 3.8) is 0 Å². The number of nitrogens with one attached hydrogen (secondary N) is 1. The van der Waals surface area contributed by atoms with Gasteiger partial charge in [-0.3, -0.25) is 9.59 Å². The average molecular weight is 357 g/mol. The van der Waals surface area contributed by atoms with Crippen LogP contribution in [0.5, 0.6) is 0 Å². The van der Waals surface area contributed by atoms with Gasteiger partial charge in [0, 0.05) is 36.1 Å². The van der Waals surface area contributed by atoms with E-state index < -0.39 is 0 Å². The normalized spacial score (nSPS) is 15.4.